The molecule has 1 fully saturated rings. The van der Waals surface area contributed by atoms with E-state index in [0.717, 1.165) is 17.7 Å². The molecule has 0 aromatic heterocycles. The second kappa shape index (κ2) is 4.30. The van der Waals surface area contributed by atoms with Crippen molar-refractivity contribution in [2.45, 2.75) is 39.2 Å². The molecular formula is C14H20N2S. The lowest BCUT2D eigenvalue weighted by molar-refractivity contribution is 0.518. The summed E-state index contributed by atoms with van der Waals surface area (Å²) in [4.78, 5) is 2.96. The van der Waals surface area contributed by atoms with Crippen molar-refractivity contribution >= 4 is 22.9 Å². The Bertz CT molecular complexity index is 452. The lowest BCUT2D eigenvalue weighted by Crippen LogP contribution is -2.38. The Balaban J connectivity index is 2.35. The molecule has 1 aromatic carbocycles. The maximum Gasteiger partial charge on any atom is 0.104 e. The largest absolute Gasteiger partial charge is 0.389 e. The average Bonchev–Trinajstić information content (AvgIpc) is 2.57. The molecule has 0 aliphatic carbocycles. The third-order valence-corrected chi connectivity index (χ3v) is 3.91. The van der Waals surface area contributed by atoms with Crippen LogP contribution < -0.4 is 10.6 Å². The van der Waals surface area contributed by atoms with Crippen LogP contribution in [0.3, 0.4) is 0 Å². The quantitative estimate of drug-likeness (QED) is 0.816. The Morgan fingerprint density at radius 2 is 2.12 bits per heavy atom. The molecule has 3 heteroatoms. The van der Waals surface area contributed by atoms with Crippen molar-refractivity contribution in [1.29, 1.82) is 0 Å². The van der Waals surface area contributed by atoms with E-state index in [1.807, 2.05) is 6.07 Å². The topological polar surface area (TPSA) is 29.3 Å². The Morgan fingerprint density at radius 3 is 2.59 bits per heavy atom. The predicted molar refractivity (Wildman–Crippen MR) is 77.7 cm³/mol. The third kappa shape index (κ3) is 2.29. The molecule has 1 aliphatic heterocycles. The number of benzene rings is 1. The fourth-order valence-corrected chi connectivity index (χ4v) is 2.91. The molecular weight excluding hydrogens is 228 g/mol. The lowest BCUT2D eigenvalue weighted by atomic mass is 10.0. The van der Waals surface area contributed by atoms with Gasteiger partial charge in [-0.05, 0) is 57.4 Å². The minimum Gasteiger partial charge on any atom is -0.389 e. The predicted octanol–water partition coefficient (Wildman–Crippen LogP) is 3.01. The summed E-state index contributed by atoms with van der Waals surface area (Å²) in [7, 11) is 0. The zero-order valence-corrected chi connectivity index (χ0v) is 11.6. The molecule has 0 bridgehead atoms. The van der Waals surface area contributed by atoms with Crippen molar-refractivity contribution < 1.29 is 0 Å². The van der Waals surface area contributed by atoms with Crippen molar-refractivity contribution in [2.24, 2.45) is 5.73 Å². The third-order valence-electron chi connectivity index (χ3n) is 3.69. The van der Waals surface area contributed by atoms with Gasteiger partial charge in [0.25, 0.3) is 0 Å². The second-order valence-electron chi connectivity index (χ2n) is 5.43. The SMILES string of the molecule is Cc1cc(N2CCCC2(C)C)ccc1C(N)=S. The molecule has 1 heterocycles. The number of aryl methyl sites for hydroxylation is 1. The average molecular weight is 248 g/mol. The van der Waals surface area contributed by atoms with Crippen LogP contribution in [0, 0.1) is 6.92 Å². The summed E-state index contributed by atoms with van der Waals surface area (Å²) in [6.07, 6.45) is 2.52. The molecule has 92 valence electrons. The second-order valence-corrected chi connectivity index (χ2v) is 5.87. The fraction of sp³-hybridized carbons (Fsp3) is 0.500. The van der Waals surface area contributed by atoms with E-state index < -0.39 is 0 Å². The number of thiocarbonyl (C=S) groups is 1. The van der Waals surface area contributed by atoms with E-state index in [2.05, 4.69) is 37.8 Å². The molecule has 0 amide bonds. The van der Waals surface area contributed by atoms with Crippen LogP contribution in [0.4, 0.5) is 5.69 Å². The normalized spacial score (nSPS) is 18.4. The van der Waals surface area contributed by atoms with E-state index in [4.69, 9.17) is 18.0 Å². The molecule has 1 aromatic rings. The number of hydrogen-bond donors (Lipinski definition) is 1. The molecule has 2 rings (SSSR count). The highest BCUT2D eigenvalue weighted by atomic mass is 32.1. The Hall–Kier alpha value is -1.09. The van der Waals surface area contributed by atoms with Gasteiger partial charge >= 0.3 is 0 Å². The van der Waals surface area contributed by atoms with Crippen LogP contribution in [-0.4, -0.2) is 17.1 Å². The van der Waals surface area contributed by atoms with Crippen molar-refractivity contribution in [1.82, 2.24) is 0 Å². The summed E-state index contributed by atoms with van der Waals surface area (Å²) >= 11 is 5.04. The van der Waals surface area contributed by atoms with Crippen molar-refractivity contribution in [2.75, 3.05) is 11.4 Å². The van der Waals surface area contributed by atoms with Crippen LogP contribution in [0.2, 0.25) is 0 Å². The number of hydrogen-bond acceptors (Lipinski definition) is 2. The first-order chi connectivity index (χ1) is 7.92. The van der Waals surface area contributed by atoms with Gasteiger partial charge < -0.3 is 10.6 Å². The van der Waals surface area contributed by atoms with Gasteiger partial charge in [-0.15, -0.1) is 0 Å². The molecule has 0 unspecified atom stereocenters. The highest BCUT2D eigenvalue weighted by Gasteiger charge is 2.31. The van der Waals surface area contributed by atoms with E-state index in [0.29, 0.717) is 4.99 Å². The molecule has 2 nitrogen and oxygen atoms in total. The summed E-state index contributed by atoms with van der Waals surface area (Å²) in [5, 5.41) is 0. The van der Waals surface area contributed by atoms with E-state index in [1.165, 1.54) is 18.5 Å². The van der Waals surface area contributed by atoms with Crippen LogP contribution >= 0.6 is 12.2 Å². The van der Waals surface area contributed by atoms with E-state index in [9.17, 15) is 0 Å². The van der Waals surface area contributed by atoms with Crippen LogP contribution in [-0.2, 0) is 0 Å². The summed E-state index contributed by atoms with van der Waals surface area (Å²) < 4.78 is 0. The fourth-order valence-electron chi connectivity index (χ4n) is 2.68. The van der Waals surface area contributed by atoms with Gasteiger partial charge in [-0.3, -0.25) is 0 Å². The van der Waals surface area contributed by atoms with Crippen LogP contribution in [0.25, 0.3) is 0 Å². The van der Waals surface area contributed by atoms with Crippen LogP contribution in [0.15, 0.2) is 18.2 Å². The van der Waals surface area contributed by atoms with E-state index in [-0.39, 0.29) is 5.54 Å². The Labute approximate surface area is 109 Å². The Morgan fingerprint density at radius 1 is 1.41 bits per heavy atom. The van der Waals surface area contributed by atoms with Crippen molar-refractivity contribution in [3.8, 4) is 0 Å². The molecule has 0 saturated carbocycles. The molecule has 17 heavy (non-hydrogen) atoms. The van der Waals surface area contributed by atoms with Gasteiger partial charge in [-0.25, -0.2) is 0 Å². The maximum absolute atomic E-state index is 5.69. The lowest BCUT2D eigenvalue weighted by Gasteiger charge is -2.34. The first-order valence-corrected chi connectivity index (χ1v) is 6.51. The summed E-state index contributed by atoms with van der Waals surface area (Å²) in [6.45, 7) is 7.81. The van der Waals surface area contributed by atoms with Crippen molar-refractivity contribution in [3.63, 3.8) is 0 Å². The summed E-state index contributed by atoms with van der Waals surface area (Å²) in [5.74, 6) is 0. The molecule has 0 spiro atoms. The first-order valence-electron chi connectivity index (χ1n) is 6.10. The van der Waals surface area contributed by atoms with Crippen molar-refractivity contribution in [3.05, 3.63) is 29.3 Å². The molecule has 1 aliphatic rings. The summed E-state index contributed by atoms with van der Waals surface area (Å²) in [6, 6.07) is 6.37. The monoisotopic (exact) mass is 248 g/mol. The number of anilines is 1. The first kappa shape index (κ1) is 12.4. The van der Waals surface area contributed by atoms with Gasteiger partial charge in [0.1, 0.15) is 4.99 Å². The standard InChI is InChI=1S/C14H20N2S/c1-10-9-11(5-6-12(10)13(15)17)16-8-4-7-14(16,2)3/h5-6,9H,4,7-8H2,1-3H3,(H2,15,17). The number of nitrogens with two attached hydrogens (primary N) is 1. The van der Waals surface area contributed by atoms with E-state index >= 15 is 0 Å². The minimum absolute atomic E-state index is 0.261. The Kier molecular flexibility index (Phi) is 3.13. The highest BCUT2D eigenvalue weighted by Crippen LogP contribution is 2.34. The van der Waals surface area contributed by atoms with E-state index in [1.54, 1.807) is 0 Å². The number of nitrogens with zero attached hydrogens (tertiary/aromatic N) is 1. The highest BCUT2D eigenvalue weighted by molar-refractivity contribution is 7.80. The smallest absolute Gasteiger partial charge is 0.104 e. The molecule has 2 N–H and O–H groups in total. The van der Waals surface area contributed by atoms with Gasteiger partial charge in [0.2, 0.25) is 0 Å². The molecule has 0 atom stereocenters. The zero-order chi connectivity index (χ0) is 12.6. The number of rotatable bonds is 2. The van der Waals surface area contributed by atoms with Gasteiger partial charge in [0.15, 0.2) is 0 Å². The van der Waals surface area contributed by atoms with Crippen LogP contribution in [0.5, 0.6) is 0 Å². The maximum atomic E-state index is 5.69. The van der Waals surface area contributed by atoms with Gasteiger partial charge in [0.05, 0.1) is 0 Å². The minimum atomic E-state index is 0.261. The summed E-state index contributed by atoms with van der Waals surface area (Å²) in [5.41, 5.74) is 9.38. The van der Waals surface area contributed by atoms with Crippen LogP contribution in [0.1, 0.15) is 37.8 Å². The molecule has 0 radical (unpaired) electrons. The van der Waals surface area contributed by atoms with Gasteiger partial charge in [-0.1, -0.05) is 12.2 Å². The zero-order valence-electron chi connectivity index (χ0n) is 10.8. The van der Waals surface area contributed by atoms with Gasteiger partial charge in [-0.2, -0.15) is 0 Å². The molecule has 1 saturated heterocycles. The van der Waals surface area contributed by atoms with Gasteiger partial charge in [0, 0.05) is 23.3 Å².